The molecule has 0 spiro atoms. The molecule has 92 valence electrons. The highest BCUT2D eigenvalue weighted by Gasteiger charge is 2.15. The number of fused-ring (bicyclic) bond motifs is 1. The van der Waals surface area contributed by atoms with Gasteiger partial charge < -0.3 is 9.47 Å². The van der Waals surface area contributed by atoms with E-state index >= 15 is 0 Å². The van der Waals surface area contributed by atoms with Gasteiger partial charge in [-0.3, -0.25) is 4.79 Å². The molecule has 3 nitrogen and oxygen atoms in total. The summed E-state index contributed by atoms with van der Waals surface area (Å²) in [6.45, 7) is 2.91. The highest BCUT2D eigenvalue weighted by atomic mass is 16.5. The van der Waals surface area contributed by atoms with E-state index in [2.05, 4.69) is 0 Å². The second-order valence-corrected chi connectivity index (χ2v) is 4.44. The Balaban J connectivity index is 2.35. The van der Waals surface area contributed by atoms with Gasteiger partial charge in [-0.25, -0.2) is 0 Å². The Hall–Kier alpha value is -1.35. The van der Waals surface area contributed by atoms with Gasteiger partial charge >= 0.3 is 0 Å². The predicted octanol–water partition coefficient (Wildman–Crippen LogP) is 2.54. The molecule has 0 radical (unpaired) electrons. The third-order valence-electron chi connectivity index (χ3n) is 3.04. The van der Waals surface area contributed by atoms with Crippen LogP contribution in [0.5, 0.6) is 5.75 Å². The van der Waals surface area contributed by atoms with E-state index in [-0.39, 0.29) is 12.4 Å². The Morgan fingerprint density at radius 1 is 1.41 bits per heavy atom. The van der Waals surface area contributed by atoms with E-state index in [0.29, 0.717) is 0 Å². The minimum absolute atomic E-state index is 0.0302. The van der Waals surface area contributed by atoms with Crippen LogP contribution in [0.15, 0.2) is 12.1 Å². The second-order valence-electron chi connectivity index (χ2n) is 4.44. The van der Waals surface area contributed by atoms with Crippen LogP contribution in [0.25, 0.3) is 0 Å². The summed E-state index contributed by atoms with van der Waals surface area (Å²) in [6, 6.07) is 3.85. The van der Waals surface area contributed by atoms with Crippen LogP contribution >= 0.6 is 0 Å². The molecule has 0 amide bonds. The van der Waals surface area contributed by atoms with Gasteiger partial charge in [0.25, 0.3) is 0 Å². The number of benzene rings is 1. The van der Waals surface area contributed by atoms with Gasteiger partial charge in [0.2, 0.25) is 0 Å². The largest absolute Gasteiger partial charge is 0.493 e. The van der Waals surface area contributed by atoms with Gasteiger partial charge in [0.15, 0.2) is 5.78 Å². The molecule has 0 N–H and O–H groups in total. The molecule has 0 fully saturated rings. The molecule has 0 unspecified atom stereocenters. The smallest absolute Gasteiger partial charge is 0.188 e. The summed E-state index contributed by atoms with van der Waals surface area (Å²) in [5.41, 5.74) is 2.93. The average molecular weight is 234 g/mol. The van der Waals surface area contributed by atoms with Crippen molar-refractivity contribution in [1.82, 2.24) is 0 Å². The monoisotopic (exact) mass is 234 g/mol. The number of aryl methyl sites for hydroxylation is 2. The molecule has 0 aromatic heterocycles. The lowest BCUT2D eigenvalue weighted by atomic mass is 9.99. The summed E-state index contributed by atoms with van der Waals surface area (Å²) in [5, 5.41) is 0. The Labute approximate surface area is 102 Å². The first-order chi connectivity index (χ1) is 8.22. The van der Waals surface area contributed by atoms with Crippen molar-refractivity contribution in [2.75, 3.05) is 20.3 Å². The lowest BCUT2D eigenvalue weighted by Crippen LogP contribution is -2.08. The molecular weight excluding hydrogens is 216 g/mol. The summed E-state index contributed by atoms with van der Waals surface area (Å²) in [5.74, 6) is 0.999. The fourth-order valence-electron chi connectivity index (χ4n) is 2.21. The molecule has 0 bridgehead atoms. The third kappa shape index (κ3) is 2.67. The molecule has 0 aliphatic carbocycles. The number of hydrogen-bond donors (Lipinski definition) is 0. The van der Waals surface area contributed by atoms with Gasteiger partial charge in [0.05, 0.1) is 6.61 Å². The number of carbonyl (C=O) groups is 1. The van der Waals surface area contributed by atoms with Gasteiger partial charge in [0.1, 0.15) is 12.4 Å². The molecule has 0 atom stereocenters. The fraction of sp³-hybridized carbons (Fsp3) is 0.500. The SMILES string of the molecule is COCC(=O)c1cc(C)c2c(c1)CCCCO2. The lowest BCUT2D eigenvalue weighted by Gasteiger charge is -2.12. The molecule has 2 rings (SSSR count). The second kappa shape index (κ2) is 5.32. The van der Waals surface area contributed by atoms with E-state index in [1.54, 1.807) is 0 Å². The van der Waals surface area contributed by atoms with Gasteiger partial charge in [-0.2, -0.15) is 0 Å². The molecule has 1 aliphatic rings. The maximum Gasteiger partial charge on any atom is 0.188 e. The highest BCUT2D eigenvalue weighted by Crippen LogP contribution is 2.29. The first kappa shape index (κ1) is 12.1. The van der Waals surface area contributed by atoms with Crippen molar-refractivity contribution in [1.29, 1.82) is 0 Å². The standard InChI is InChI=1S/C14H18O3/c1-10-7-12(13(15)9-16-2)8-11-5-3-4-6-17-14(10)11/h7-8H,3-6,9H2,1-2H3. The third-order valence-corrected chi connectivity index (χ3v) is 3.04. The fourth-order valence-corrected chi connectivity index (χ4v) is 2.21. The zero-order chi connectivity index (χ0) is 12.3. The minimum Gasteiger partial charge on any atom is -0.493 e. The summed E-state index contributed by atoms with van der Waals surface area (Å²) in [7, 11) is 1.54. The van der Waals surface area contributed by atoms with Crippen molar-refractivity contribution in [2.24, 2.45) is 0 Å². The highest BCUT2D eigenvalue weighted by molar-refractivity contribution is 5.97. The Morgan fingerprint density at radius 3 is 3.00 bits per heavy atom. The molecule has 3 heteroatoms. The van der Waals surface area contributed by atoms with Gasteiger partial charge in [-0.1, -0.05) is 0 Å². The minimum atomic E-state index is 0.0302. The van der Waals surface area contributed by atoms with Crippen molar-refractivity contribution in [2.45, 2.75) is 26.2 Å². The number of rotatable bonds is 3. The van der Waals surface area contributed by atoms with Crippen molar-refractivity contribution >= 4 is 5.78 Å². The number of Topliss-reactive ketones (excluding diaryl/α,β-unsaturated/α-hetero) is 1. The zero-order valence-electron chi connectivity index (χ0n) is 10.4. The van der Waals surface area contributed by atoms with Crippen molar-refractivity contribution in [3.05, 3.63) is 28.8 Å². The number of carbonyl (C=O) groups excluding carboxylic acids is 1. The maximum absolute atomic E-state index is 11.8. The Bertz CT molecular complexity index is 424. The zero-order valence-corrected chi connectivity index (χ0v) is 10.4. The topological polar surface area (TPSA) is 35.5 Å². The van der Waals surface area contributed by atoms with Crippen molar-refractivity contribution in [3.8, 4) is 5.75 Å². The first-order valence-corrected chi connectivity index (χ1v) is 6.01. The van der Waals surface area contributed by atoms with Crippen molar-refractivity contribution in [3.63, 3.8) is 0 Å². The van der Waals surface area contributed by atoms with Crippen LogP contribution in [0, 0.1) is 6.92 Å². The maximum atomic E-state index is 11.8. The van der Waals surface area contributed by atoms with Crippen LogP contribution < -0.4 is 4.74 Å². The van der Waals surface area contributed by atoms with E-state index in [4.69, 9.17) is 9.47 Å². The van der Waals surface area contributed by atoms with E-state index in [1.807, 2.05) is 19.1 Å². The van der Waals surface area contributed by atoms with Gasteiger partial charge in [0, 0.05) is 12.7 Å². The summed E-state index contributed by atoms with van der Waals surface area (Å²) < 4.78 is 10.6. The van der Waals surface area contributed by atoms with E-state index < -0.39 is 0 Å². The van der Waals surface area contributed by atoms with Crippen LogP contribution in [0.2, 0.25) is 0 Å². The predicted molar refractivity (Wildman–Crippen MR) is 65.8 cm³/mol. The van der Waals surface area contributed by atoms with Gasteiger partial charge in [-0.05, 0) is 49.4 Å². The summed E-state index contributed by atoms with van der Waals surface area (Å²) >= 11 is 0. The van der Waals surface area contributed by atoms with E-state index in [1.165, 1.54) is 7.11 Å². The number of ether oxygens (including phenoxy) is 2. The molecule has 1 aliphatic heterocycles. The van der Waals surface area contributed by atoms with Crippen LogP contribution in [-0.2, 0) is 11.2 Å². The molecule has 1 aromatic rings. The molecule has 0 saturated heterocycles. The Morgan fingerprint density at radius 2 is 2.24 bits per heavy atom. The van der Waals surface area contributed by atoms with Crippen LogP contribution in [0.1, 0.15) is 34.3 Å². The first-order valence-electron chi connectivity index (χ1n) is 6.01. The summed E-state index contributed by atoms with van der Waals surface area (Å²) in [4.78, 5) is 11.8. The normalized spacial score (nSPS) is 14.7. The van der Waals surface area contributed by atoms with Crippen molar-refractivity contribution < 1.29 is 14.3 Å². The number of methoxy groups -OCH3 is 1. The number of ketones is 1. The van der Waals surface area contributed by atoms with Crippen LogP contribution in [0.3, 0.4) is 0 Å². The molecule has 1 heterocycles. The van der Waals surface area contributed by atoms with E-state index in [9.17, 15) is 4.79 Å². The van der Waals surface area contributed by atoms with Crippen LogP contribution in [-0.4, -0.2) is 26.1 Å². The lowest BCUT2D eigenvalue weighted by molar-refractivity contribution is 0.0848. The van der Waals surface area contributed by atoms with Gasteiger partial charge in [-0.15, -0.1) is 0 Å². The quantitative estimate of drug-likeness (QED) is 0.754. The molecule has 1 aromatic carbocycles. The Kier molecular flexibility index (Phi) is 3.79. The van der Waals surface area contributed by atoms with E-state index in [0.717, 1.165) is 48.3 Å². The molecule has 17 heavy (non-hydrogen) atoms. The average Bonchev–Trinajstić information content (AvgIpc) is 2.54. The molecular formula is C14H18O3. The number of hydrogen-bond acceptors (Lipinski definition) is 3. The molecule has 0 saturated carbocycles. The summed E-state index contributed by atoms with van der Waals surface area (Å²) in [6.07, 6.45) is 3.19. The van der Waals surface area contributed by atoms with Crippen LogP contribution in [0.4, 0.5) is 0 Å².